The summed E-state index contributed by atoms with van der Waals surface area (Å²) >= 11 is 0. The first-order chi connectivity index (χ1) is 12.1. The molecular weight excluding hydrogens is 346 g/mol. The number of carbonyl (C=O) groups is 1. The first-order valence-corrected chi connectivity index (χ1v) is 10.9. The van der Waals surface area contributed by atoms with Gasteiger partial charge in [0.15, 0.2) is 9.84 Å². The molecule has 0 saturated carbocycles. The molecule has 2 aromatic rings. The van der Waals surface area contributed by atoms with Crippen LogP contribution in [-0.4, -0.2) is 20.6 Å². The summed E-state index contributed by atoms with van der Waals surface area (Å²) in [5.74, 6) is 0.371. The highest BCUT2D eigenvalue weighted by molar-refractivity contribution is 7.89. The largest absolute Gasteiger partial charge is 0.321 e. The Labute approximate surface area is 156 Å². The predicted molar refractivity (Wildman–Crippen MR) is 108 cm³/mol. The molecule has 1 amide bonds. The quantitative estimate of drug-likeness (QED) is 0.796. The number of para-hydroxylation sites is 1. The first kappa shape index (κ1) is 20.2. The van der Waals surface area contributed by atoms with E-state index in [1.54, 1.807) is 24.3 Å². The molecule has 0 aliphatic heterocycles. The maximum Gasteiger partial charge on any atom is 0.255 e. The zero-order chi connectivity index (χ0) is 19.5. The maximum absolute atomic E-state index is 12.7. The topological polar surface area (TPSA) is 63.2 Å². The van der Waals surface area contributed by atoms with E-state index in [4.69, 9.17) is 0 Å². The lowest BCUT2D eigenvalue weighted by Crippen LogP contribution is -2.16. The third kappa shape index (κ3) is 5.18. The normalized spacial score (nSPS) is 11.8. The number of rotatable bonds is 6. The number of carbonyl (C=O) groups excluding carboxylic acids is 1. The molecule has 5 heteroatoms. The van der Waals surface area contributed by atoms with Crippen LogP contribution < -0.4 is 5.32 Å². The van der Waals surface area contributed by atoms with Crippen LogP contribution in [0.2, 0.25) is 0 Å². The van der Waals surface area contributed by atoms with Crippen molar-refractivity contribution in [2.45, 2.75) is 45.3 Å². The molecule has 140 valence electrons. The van der Waals surface area contributed by atoms with Crippen LogP contribution in [0.5, 0.6) is 0 Å². The minimum absolute atomic E-state index is 0.0252. The summed E-state index contributed by atoms with van der Waals surface area (Å²) in [6.45, 7) is 8.42. The predicted octanol–water partition coefficient (Wildman–Crippen LogP) is 4.73. The molecule has 0 heterocycles. The van der Waals surface area contributed by atoms with Gasteiger partial charge in [0.2, 0.25) is 0 Å². The summed E-state index contributed by atoms with van der Waals surface area (Å²) < 4.78 is 22.8. The second kappa shape index (κ2) is 8.04. The standard InChI is InChI=1S/C21H27NO3S/c1-14(2)18-7-6-8-19(15(3)4)20(18)22-21(23)17-11-9-16(10-12-17)13-26(5,24)25/h6-12,14-15H,13H2,1-5H3,(H,22,23). The molecule has 26 heavy (non-hydrogen) atoms. The lowest BCUT2D eigenvalue weighted by molar-refractivity contribution is 0.102. The number of hydrogen-bond donors (Lipinski definition) is 1. The third-order valence-electron chi connectivity index (χ3n) is 4.26. The number of benzene rings is 2. The van der Waals surface area contributed by atoms with E-state index in [0.717, 1.165) is 16.8 Å². The highest BCUT2D eigenvalue weighted by Crippen LogP contribution is 2.32. The van der Waals surface area contributed by atoms with Crippen LogP contribution in [0.4, 0.5) is 5.69 Å². The molecule has 0 atom stereocenters. The van der Waals surface area contributed by atoms with Crippen LogP contribution in [0.3, 0.4) is 0 Å². The van der Waals surface area contributed by atoms with Gasteiger partial charge in [0, 0.05) is 17.5 Å². The van der Waals surface area contributed by atoms with Crippen molar-refractivity contribution in [1.82, 2.24) is 0 Å². The van der Waals surface area contributed by atoms with E-state index < -0.39 is 9.84 Å². The van der Waals surface area contributed by atoms with Gasteiger partial charge in [0.1, 0.15) is 0 Å². The van der Waals surface area contributed by atoms with Crippen molar-refractivity contribution in [3.8, 4) is 0 Å². The van der Waals surface area contributed by atoms with E-state index in [2.05, 4.69) is 33.0 Å². The van der Waals surface area contributed by atoms with Crippen LogP contribution in [-0.2, 0) is 15.6 Å². The summed E-state index contributed by atoms with van der Waals surface area (Å²) in [6, 6.07) is 12.8. The number of nitrogens with one attached hydrogen (secondary N) is 1. The monoisotopic (exact) mass is 373 g/mol. The number of amides is 1. The Morgan fingerprint density at radius 1 is 0.923 bits per heavy atom. The molecule has 0 saturated heterocycles. The van der Waals surface area contributed by atoms with Crippen molar-refractivity contribution in [2.75, 3.05) is 11.6 Å². The van der Waals surface area contributed by atoms with E-state index >= 15 is 0 Å². The number of anilines is 1. The van der Waals surface area contributed by atoms with Crippen molar-refractivity contribution in [2.24, 2.45) is 0 Å². The molecular formula is C21H27NO3S. The van der Waals surface area contributed by atoms with Crippen LogP contribution in [0.15, 0.2) is 42.5 Å². The van der Waals surface area contributed by atoms with Crippen LogP contribution in [0.25, 0.3) is 0 Å². The molecule has 4 nitrogen and oxygen atoms in total. The highest BCUT2D eigenvalue weighted by atomic mass is 32.2. The van der Waals surface area contributed by atoms with Gasteiger partial charge < -0.3 is 5.32 Å². The molecule has 0 aliphatic carbocycles. The fourth-order valence-electron chi connectivity index (χ4n) is 2.94. The first-order valence-electron chi connectivity index (χ1n) is 8.79. The Kier molecular flexibility index (Phi) is 6.24. The Morgan fingerprint density at radius 3 is 1.85 bits per heavy atom. The Hall–Kier alpha value is -2.14. The molecule has 0 spiro atoms. The van der Waals surface area contributed by atoms with E-state index in [1.807, 2.05) is 18.2 Å². The highest BCUT2D eigenvalue weighted by Gasteiger charge is 2.17. The second-order valence-corrected chi connectivity index (χ2v) is 9.48. The molecule has 0 radical (unpaired) electrons. The van der Waals surface area contributed by atoms with Gasteiger partial charge in [0.25, 0.3) is 5.91 Å². The van der Waals surface area contributed by atoms with Gasteiger partial charge in [-0.3, -0.25) is 4.79 Å². The number of sulfone groups is 1. The third-order valence-corrected chi connectivity index (χ3v) is 5.11. The summed E-state index contributed by atoms with van der Waals surface area (Å²) in [5.41, 5.74) is 4.28. The minimum Gasteiger partial charge on any atom is -0.321 e. The van der Waals surface area contributed by atoms with Crippen molar-refractivity contribution in [3.63, 3.8) is 0 Å². The molecule has 0 aromatic heterocycles. The van der Waals surface area contributed by atoms with Crippen LogP contribution in [0.1, 0.15) is 66.6 Å². The summed E-state index contributed by atoms with van der Waals surface area (Å²) in [6.07, 6.45) is 1.20. The van der Waals surface area contributed by atoms with Gasteiger partial charge in [-0.05, 0) is 40.7 Å². The van der Waals surface area contributed by atoms with Crippen LogP contribution in [0, 0.1) is 0 Å². The van der Waals surface area contributed by atoms with E-state index in [1.165, 1.54) is 6.26 Å². The average Bonchev–Trinajstić information content (AvgIpc) is 2.53. The van der Waals surface area contributed by atoms with Crippen molar-refractivity contribution >= 4 is 21.4 Å². The van der Waals surface area contributed by atoms with Crippen LogP contribution >= 0.6 is 0 Å². The fraction of sp³-hybridized carbons (Fsp3) is 0.381. The summed E-state index contributed by atoms with van der Waals surface area (Å²) in [4.78, 5) is 12.7. The lowest BCUT2D eigenvalue weighted by Gasteiger charge is -2.20. The second-order valence-electron chi connectivity index (χ2n) is 7.34. The van der Waals surface area contributed by atoms with Crippen molar-refractivity contribution in [3.05, 3.63) is 64.7 Å². The maximum atomic E-state index is 12.7. The van der Waals surface area contributed by atoms with Gasteiger partial charge in [-0.15, -0.1) is 0 Å². The molecule has 0 bridgehead atoms. The smallest absolute Gasteiger partial charge is 0.255 e. The van der Waals surface area contributed by atoms with Gasteiger partial charge in [-0.2, -0.15) is 0 Å². The molecule has 0 fully saturated rings. The Balaban J connectivity index is 2.30. The molecule has 2 aromatic carbocycles. The fourth-order valence-corrected chi connectivity index (χ4v) is 3.73. The number of hydrogen-bond acceptors (Lipinski definition) is 3. The Bertz CT molecular complexity index is 856. The van der Waals surface area contributed by atoms with Gasteiger partial charge >= 0.3 is 0 Å². The SMILES string of the molecule is CC(C)c1cccc(C(C)C)c1NC(=O)c1ccc(CS(C)(=O)=O)cc1. The average molecular weight is 374 g/mol. The van der Waals surface area contributed by atoms with Gasteiger partial charge in [-0.25, -0.2) is 8.42 Å². The Morgan fingerprint density at radius 2 is 1.42 bits per heavy atom. The van der Waals surface area contributed by atoms with Crippen molar-refractivity contribution < 1.29 is 13.2 Å². The lowest BCUT2D eigenvalue weighted by atomic mass is 9.92. The van der Waals surface area contributed by atoms with Gasteiger partial charge in [0.05, 0.1) is 5.75 Å². The van der Waals surface area contributed by atoms with Crippen molar-refractivity contribution in [1.29, 1.82) is 0 Å². The summed E-state index contributed by atoms with van der Waals surface area (Å²) in [7, 11) is -3.09. The minimum atomic E-state index is -3.09. The zero-order valence-electron chi connectivity index (χ0n) is 16.0. The van der Waals surface area contributed by atoms with Gasteiger partial charge in [-0.1, -0.05) is 58.0 Å². The molecule has 2 rings (SSSR count). The molecule has 0 aliphatic rings. The molecule has 1 N–H and O–H groups in total. The zero-order valence-corrected chi connectivity index (χ0v) is 16.9. The van der Waals surface area contributed by atoms with E-state index in [9.17, 15) is 13.2 Å². The van der Waals surface area contributed by atoms with E-state index in [-0.39, 0.29) is 11.7 Å². The summed E-state index contributed by atoms with van der Waals surface area (Å²) in [5, 5.41) is 3.07. The molecule has 0 unspecified atom stereocenters. The van der Waals surface area contributed by atoms with E-state index in [0.29, 0.717) is 23.0 Å².